The quantitative estimate of drug-likeness (QED) is 0.690. The molecular formula is C16H14ClN3S. The van der Waals surface area contributed by atoms with Gasteiger partial charge in [0.25, 0.3) is 0 Å². The van der Waals surface area contributed by atoms with Crippen molar-refractivity contribution in [3.63, 3.8) is 0 Å². The van der Waals surface area contributed by atoms with Crippen LogP contribution in [0.25, 0.3) is 16.9 Å². The zero-order chi connectivity index (χ0) is 14.2. The summed E-state index contributed by atoms with van der Waals surface area (Å²) in [7, 11) is 0. The molecule has 2 aromatic heterocycles. The Bertz CT molecular complexity index is 776. The summed E-state index contributed by atoms with van der Waals surface area (Å²) in [5.41, 5.74) is 2.94. The minimum absolute atomic E-state index is 0.454. The van der Waals surface area contributed by atoms with E-state index in [9.17, 15) is 0 Å². The molecule has 3 nitrogen and oxygen atoms in total. The van der Waals surface area contributed by atoms with Gasteiger partial charge >= 0.3 is 0 Å². The molecule has 1 unspecified atom stereocenters. The number of imidazole rings is 1. The van der Waals surface area contributed by atoms with E-state index in [-0.39, 0.29) is 0 Å². The highest BCUT2D eigenvalue weighted by molar-refractivity contribution is 7.99. The molecule has 1 fully saturated rings. The number of thioether (sulfide) groups is 1. The molecular weight excluding hydrogens is 302 g/mol. The zero-order valence-corrected chi connectivity index (χ0v) is 12.9. The van der Waals surface area contributed by atoms with E-state index in [2.05, 4.69) is 9.55 Å². The van der Waals surface area contributed by atoms with E-state index in [1.807, 2.05) is 54.4 Å². The number of pyridine rings is 1. The number of hydrogen-bond acceptors (Lipinski definition) is 3. The van der Waals surface area contributed by atoms with Gasteiger partial charge in [0.05, 0.1) is 5.25 Å². The topological polar surface area (TPSA) is 30.7 Å². The Balaban J connectivity index is 1.95. The molecule has 0 amide bonds. The van der Waals surface area contributed by atoms with Crippen molar-refractivity contribution in [2.45, 2.75) is 18.1 Å². The van der Waals surface area contributed by atoms with Crippen LogP contribution in [0.2, 0.25) is 5.02 Å². The van der Waals surface area contributed by atoms with Gasteiger partial charge < -0.3 is 0 Å². The Morgan fingerprint density at radius 3 is 2.81 bits per heavy atom. The van der Waals surface area contributed by atoms with Gasteiger partial charge in [-0.05, 0) is 55.0 Å². The van der Waals surface area contributed by atoms with Crippen LogP contribution >= 0.6 is 23.4 Å². The van der Waals surface area contributed by atoms with Crippen molar-refractivity contribution >= 4 is 34.5 Å². The molecule has 106 valence electrons. The van der Waals surface area contributed by atoms with Crippen LogP contribution in [0.4, 0.5) is 0 Å². The van der Waals surface area contributed by atoms with E-state index in [0.717, 1.165) is 27.7 Å². The van der Waals surface area contributed by atoms with E-state index in [1.54, 1.807) is 0 Å². The van der Waals surface area contributed by atoms with Gasteiger partial charge in [0, 0.05) is 16.9 Å². The molecule has 1 aliphatic heterocycles. The third kappa shape index (κ3) is 2.32. The van der Waals surface area contributed by atoms with Gasteiger partial charge in [-0.15, -0.1) is 0 Å². The van der Waals surface area contributed by atoms with Crippen LogP contribution in [0.5, 0.6) is 0 Å². The third-order valence-electron chi connectivity index (χ3n) is 3.74. The molecule has 0 bridgehead atoms. The van der Waals surface area contributed by atoms with Crippen LogP contribution < -0.4 is 0 Å². The fourth-order valence-corrected chi connectivity index (χ4v) is 4.16. The second-order valence-corrected chi connectivity index (χ2v) is 6.88. The molecule has 3 heterocycles. The molecule has 0 saturated carbocycles. The highest BCUT2D eigenvalue weighted by atomic mass is 35.5. The molecule has 0 N–H and O–H groups in total. The van der Waals surface area contributed by atoms with Crippen molar-refractivity contribution in [2.24, 2.45) is 0 Å². The Morgan fingerprint density at radius 2 is 2.05 bits per heavy atom. The molecule has 1 aromatic carbocycles. The number of hydrogen-bond donors (Lipinski definition) is 0. The van der Waals surface area contributed by atoms with Gasteiger partial charge in [-0.25, -0.2) is 9.97 Å². The Morgan fingerprint density at radius 1 is 1.19 bits per heavy atom. The van der Waals surface area contributed by atoms with Crippen LogP contribution in [0.15, 0.2) is 42.6 Å². The van der Waals surface area contributed by atoms with Crippen molar-refractivity contribution in [3.8, 4) is 5.69 Å². The molecule has 21 heavy (non-hydrogen) atoms. The summed E-state index contributed by atoms with van der Waals surface area (Å²) in [4.78, 5) is 9.37. The SMILES string of the molecule is Clc1ccc(-n2c(C3CCCS3)nc3cccnc32)cc1. The maximum absolute atomic E-state index is 6.01. The highest BCUT2D eigenvalue weighted by Gasteiger charge is 2.25. The number of nitrogens with zero attached hydrogens (tertiary/aromatic N) is 3. The lowest BCUT2D eigenvalue weighted by molar-refractivity contribution is 0.765. The first kappa shape index (κ1) is 13.2. The monoisotopic (exact) mass is 315 g/mol. The smallest absolute Gasteiger partial charge is 0.164 e. The van der Waals surface area contributed by atoms with Gasteiger partial charge in [-0.1, -0.05) is 11.6 Å². The van der Waals surface area contributed by atoms with Crippen molar-refractivity contribution in [3.05, 3.63) is 53.4 Å². The van der Waals surface area contributed by atoms with Gasteiger partial charge in [0.15, 0.2) is 5.65 Å². The molecule has 0 radical (unpaired) electrons. The Labute approximate surface area is 132 Å². The van der Waals surface area contributed by atoms with Crippen LogP contribution in [0.3, 0.4) is 0 Å². The normalized spacial score (nSPS) is 18.4. The average molecular weight is 316 g/mol. The molecule has 4 rings (SSSR count). The fourth-order valence-electron chi connectivity index (χ4n) is 2.77. The summed E-state index contributed by atoms with van der Waals surface area (Å²) in [5, 5.41) is 1.20. The predicted octanol–water partition coefficient (Wildman–Crippen LogP) is 4.64. The molecule has 0 spiro atoms. The fraction of sp³-hybridized carbons (Fsp3) is 0.250. The molecule has 5 heteroatoms. The lowest BCUT2D eigenvalue weighted by atomic mass is 10.2. The Hall–Kier alpha value is -1.52. The average Bonchev–Trinajstić information content (AvgIpc) is 3.15. The summed E-state index contributed by atoms with van der Waals surface area (Å²) < 4.78 is 2.18. The number of fused-ring (bicyclic) bond motifs is 1. The van der Waals surface area contributed by atoms with Gasteiger partial charge in [0.2, 0.25) is 0 Å². The lowest BCUT2D eigenvalue weighted by Crippen LogP contribution is -2.04. The second kappa shape index (κ2) is 5.35. The molecule has 0 aliphatic carbocycles. The molecule has 1 saturated heterocycles. The molecule has 1 aliphatic rings. The first-order valence-electron chi connectivity index (χ1n) is 7.04. The Kier molecular flexibility index (Phi) is 3.36. The van der Waals surface area contributed by atoms with Gasteiger partial charge in [-0.2, -0.15) is 11.8 Å². The van der Waals surface area contributed by atoms with E-state index < -0.39 is 0 Å². The van der Waals surface area contributed by atoms with Crippen LogP contribution in [0, 0.1) is 0 Å². The van der Waals surface area contributed by atoms with Crippen molar-refractivity contribution < 1.29 is 0 Å². The number of benzene rings is 1. The van der Waals surface area contributed by atoms with Crippen LogP contribution in [-0.4, -0.2) is 20.3 Å². The van der Waals surface area contributed by atoms with Crippen LogP contribution in [0.1, 0.15) is 23.9 Å². The molecule has 1 atom stereocenters. The standard InChI is InChI=1S/C16H14ClN3S/c17-11-5-7-12(8-6-11)20-15-13(3-1-9-18-15)19-16(20)14-4-2-10-21-14/h1,3,5-9,14H,2,4,10H2. The third-order valence-corrected chi connectivity index (χ3v) is 5.37. The first-order valence-corrected chi connectivity index (χ1v) is 8.46. The van der Waals surface area contributed by atoms with E-state index in [0.29, 0.717) is 5.25 Å². The largest absolute Gasteiger partial charge is 0.280 e. The summed E-state index contributed by atoms with van der Waals surface area (Å²) in [6.45, 7) is 0. The van der Waals surface area contributed by atoms with Crippen molar-refractivity contribution in [2.75, 3.05) is 5.75 Å². The van der Waals surface area contributed by atoms with Gasteiger partial charge in [0.1, 0.15) is 11.3 Å². The molecule has 3 aromatic rings. The number of rotatable bonds is 2. The maximum atomic E-state index is 6.01. The van der Waals surface area contributed by atoms with E-state index >= 15 is 0 Å². The first-order chi connectivity index (χ1) is 10.3. The van der Waals surface area contributed by atoms with Crippen molar-refractivity contribution in [1.82, 2.24) is 14.5 Å². The minimum Gasteiger partial charge on any atom is -0.280 e. The summed E-state index contributed by atoms with van der Waals surface area (Å²) in [5.74, 6) is 2.32. The minimum atomic E-state index is 0.454. The summed E-state index contributed by atoms with van der Waals surface area (Å²) in [6.07, 6.45) is 4.26. The second-order valence-electron chi connectivity index (χ2n) is 5.13. The lowest BCUT2D eigenvalue weighted by Gasteiger charge is -2.12. The van der Waals surface area contributed by atoms with Crippen LogP contribution in [-0.2, 0) is 0 Å². The number of halogens is 1. The predicted molar refractivity (Wildman–Crippen MR) is 88.3 cm³/mol. The highest BCUT2D eigenvalue weighted by Crippen LogP contribution is 2.41. The number of aromatic nitrogens is 3. The van der Waals surface area contributed by atoms with Crippen molar-refractivity contribution in [1.29, 1.82) is 0 Å². The van der Waals surface area contributed by atoms with E-state index in [1.165, 1.54) is 18.6 Å². The summed E-state index contributed by atoms with van der Waals surface area (Å²) in [6, 6.07) is 11.8. The van der Waals surface area contributed by atoms with Gasteiger partial charge in [-0.3, -0.25) is 4.57 Å². The zero-order valence-electron chi connectivity index (χ0n) is 11.4. The maximum Gasteiger partial charge on any atom is 0.164 e. The van der Waals surface area contributed by atoms with E-state index in [4.69, 9.17) is 16.6 Å². The summed E-state index contributed by atoms with van der Waals surface area (Å²) >= 11 is 8.00.